The molecule has 0 aliphatic rings. The summed E-state index contributed by atoms with van der Waals surface area (Å²) < 4.78 is 26.2. The van der Waals surface area contributed by atoms with Gasteiger partial charge in [0.15, 0.2) is 0 Å². The number of halogens is 2. The monoisotopic (exact) mass is 308 g/mol. The Morgan fingerprint density at radius 3 is 2.71 bits per heavy atom. The van der Waals surface area contributed by atoms with Gasteiger partial charge in [-0.15, -0.1) is 0 Å². The van der Waals surface area contributed by atoms with Crippen molar-refractivity contribution in [1.29, 1.82) is 0 Å². The summed E-state index contributed by atoms with van der Waals surface area (Å²) in [5.74, 6) is 0.262. The predicted molar refractivity (Wildman–Crippen MR) is 90.9 cm³/mol. The van der Waals surface area contributed by atoms with Gasteiger partial charge in [0.25, 0.3) is 5.66 Å². The van der Waals surface area contributed by atoms with Crippen LogP contribution in [-0.2, 0) is 6.42 Å². The third-order valence-corrected chi connectivity index (χ3v) is 3.47. The van der Waals surface area contributed by atoms with E-state index in [1.165, 1.54) is 0 Å². The first-order valence-corrected chi connectivity index (χ1v) is 7.63. The number of allylic oxidation sites excluding steroid dienone is 5. The smallest absolute Gasteiger partial charge is 0.202 e. The fourth-order valence-corrected chi connectivity index (χ4v) is 2.43. The summed E-state index contributed by atoms with van der Waals surface area (Å²) in [6.07, 6.45) is 8.42. The Hall–Kier alpha value is -1.27. The summed E-state index contributed by atoms with van der Waals surface area (Å²) in [6.45, 7) is 7.89. The summed E-state index contributed by atoms with van der Waals surface area (Å²) in [4.78, 5) is 0. The van der Waals surface area contributed by atoms with E-state index in [-0.39, 0.29) is 12.3 Å². The van der Waals surface area contributed by atoms with E-state index in [2.05, 4.69) is 13.5 Å². The molecule has 0 aliphatic carbocycles. The van der Waals surface area contributed by atoms with Crippen LogP contribution in [0.25, 0.3) is 0 Å². The lowest BCUT2D eigenvalue weighted by atomic mass is 9.92. The molecule has 3 heteroatoms. The SMILES string of the molecule is C=C/C(=C\C=C/C)CC(C)c1cccc(CC(F)(F)P)c1. The zero-order chi connectivity index (χ0) is 15.9. The predicted octanol–water partition coefficient (Wildman–Crippen LogP) is 5.88. The minimum atomic E-state index is -2.75. The third-order valence-electron chi connectivity index (χ3n) is 3.27. The maximum absolute atomic E-state index is 13.1. The van der Waals surface area contributed by atoms with Crippen molar-refractivity contribution >= 4 is 9.24 Å². The molecule has 1 aromatic carbocycles. The van der Waals surface area contributed by atoms with E-state index in [4.69, 9.17) is 0 Å². The molecule has 0 aromatic heterocycles. The molecule has 0 bridgehead atoms. The van der Waals surface area contributed by atoms with Crippen molar-refractivity contribution in [2.75, 3.05) is 0 Å². The Labute approximate surface area is 128 Å². The molecule has 0 nitrogen and oxygen atoms in total. The Morgan fingerprint density at radius 2 is 2.14 bits per heavy atom. The van der Waals surface area contributed by atoms with Crippen molar-refractivity contribution in [2.24, 2.45) is 0 Å². The maximum atomic E-state index is 13.1. The average Bonchev–Trinajstić information content (AvgIpc) is 2.41. The van der Waals surface area contributed by atoms with Crippen LogP contribution in [0.1, 0.15) is 37.3 Å². The lowest BCUT2D eigenvalue weighted by Gasteiger charge is -2.15. The summed E-state index contributed by atoms with van der Waals surface area (Å²) >= 11 is 0. The first kappa shape index (κ1) is 17.8. The lowest BCUT2D eigenvalue weighted by molar-refractivity contribution is 0.105. The molecule has 0 saturated carbocycles. The quantitative estimate of drug-likeness (QED) is 0.436. The minimum Gasteiger partial charge on any atom is -0.202 e. The van der Waals surface area contributed by atoms with Gasteiger partial charge >= 0.3 is 0 Å². The first-order valence-electron chi connectivity index (χ1n) is 7.05. The van der Waals surface area contributed by atoms with Gasteiger partial charge in [-0.1, -0.05) is 71.3 Å². The van der Waals surface area contributed by atoms with Crippen LogP contribution in [0.5, 0.6) is 0 Å². The topological polar surface area (TPSA) is 0 Å². The molecule has 0 spiro atoms. The molecule has 0 aliphatic heterocycles. The highest BCUT2D eigenvalue weighted by molar-refractivity contribution is 7.18. The molecule has 0 saturated heterocycles. The van der Waals surface area contributed by atoms with Gasteiger partial charge in [0, 0.05) is 6.42 Å². The Balaban J connectivity index is 2.85. The second-order valence-corrected chi connectivity index (χ2v) is 6.10. The first-order chi connectivity index (χ1) is 9.85. The fourth-order valence-electron chi connectivity index (χ4n) is 2.19. The second-order valence-electron chi connectivity index (χ2n) is 5.26. The Kier molecular flexibility index (Phi) is 6.98. The van der Waals surface area contributed by atoms with Crippen LogP contribution in [-0.4, -0.2) is 5.66 Å². The lowest BCUT2D eigenvalue weighted by Crippen LogP contribution is -2.09. The highest BCUT2D eigenvalue weighted by Gasteiger charge is 2.22. The van der Waals surface area contributed by atoms with Gasteiger partial charge in [-0.05, 0) is 36.0 Å². The summed E-state index contributed by atoms with van der Waals surface area (Å²) in [7, 11) is 1.60. The molecule has 0 radical (unpaired) electrons. The van der Waals surface area contributed by atoms with Gasteiger partial charge in [-0.3, -0.25) is 0 Å². The van der Waals surface area contributed by atoms with Crippen molar-refractivity contribution in [3.8, 4) is 0 Å². The number of hydrogen-bond acceptors (Lipinski definition) is 0. The van der Waals surface area contributed by atoms with Gasteiger partial charge in [0.1, 0.15) is 0 Å². The van der Waals surface area contributed by atoms with Crippen molar-refractivity contribution in [3.63, 3.8) is 0 Å². The Bertz CT molecular complexity index is 524. The highest BCUT2D eigenvalue weighted by atomic mass is 31.0. The maximum Gasteiger partial charge on any atom is 0.262 e. The molecule has 2 unspecified atom stereocenters. The summed E-state index contributed by atoms with van der Waals surface area (Å²) in [6, 6.07) is 7.46. The molecule has 21 heavy (non-hydrogen) atoms. The second kappa shape index (κ2) is 8.24. The normalized spacial score (nSPS) is 14.4. The van der Waals surface area contributed by atoms with Gasteiger partial charge < -0.3 is 0 Å². The molecule has 2 atom stereocenters. The molecule has 1 aromatic rings. The molecule has 0 heterocycles. The molecular weight excluding hydrogens is 285 g/mol. The zero-order valence-corrected chi connectivity index (χ0v) is 13.8. The molecule has 0 N–H and O–H groups in total. The van der Waals surface area contributed by atoms with E-state index < -0.39 is 5.66 Å². The minimum absolute atomic E-state index is 0.249. The van der Waals surface area contributed by atoms with Crippen molar-refractivity contribution < 1.29 is 8.78 Å². The van der Waals surface area contributed by atoms with Crippen molar-refractivity contribution in [1.82, 2.24) is 0 Å². The van der Waals surface area contributed by atoms with Crippen LogP contribution < -0.4 is 0 Å². The highest BCUT2D eigenvalue weighted by Crippen LogP contribution is 2.29. The average molecular weight is 308 g/mol. The van der Waals surface area contributed by atoms with E-state index in [1.54, 1.807) is 15.3 Å². The molecular formula is C18H23F2P. The van der Waals surface area contributed by atoms with Gasteiger partial charge in [0.05, 0.1) is 0 Å². The molecule has 0 amide bonds. The molecule has 0 fully saturated rings. The van der Waals surface area contributed by atoms with Gasteiger partial charge in [-0.2, -0.15) is 0 Å². The molecule has 114 valence electrons. The molecule has 1 rings (SSSR count). The van der Waals surface area contributed by atoms with Crippen LogP contribution in [0.15, 0.2) is 60.7 Å². The van der Waals surface area contributed by atoms with Crippen LogP contribution in [0, 0.1) is 0 Å². The van der Waals surface area contributed by atoms with E-state index in [1.807, 2.05) is 49.4 Å². The number of alkyl halides is 2. The number of benzene rings is 1. The van der Waals surface area contributed by atoms with Gasteiger partial charge in [0.2, 0.25) is 0 Å². The van der Waals surface area contributed by atoms with E-state index in [0.717, 1.165) is 17.6 Å². The van der Waals surface area contributed by atoms with E-state index in [9.17, 15) is 8.78 Å². The van der Waals surface area contributed by atoms with E-state index in [0.29, 0.717) is 5.56 Å². The zero-order valence-electron chi connectivity index (χ0n) is 12.7. The number of hydrogen-bond donors (Lipinski definition) is 0. The fraction of sp³-hybridized carbons (Fsp3) is 0.333. The summed E-state index contributed by atoms with van der Waals surface area (Å²) in [5, 5.41) is 0. The largest absolute Gasteiger partial charge is 0.262 e. The third kappa shape index (κ3) is 6.82. The Morgan fingerprint density at radius 1 is 1.43 bits per heavy atom. The van der Waals surface area contributed by atoms with Crippen molar-refractivity contribution in [2.45, 2.75) is 38.3 Å². The van der Waals surface area contributed by atoms with E-state index >= 15 is 0 Å². The van der Waals surface area contributed by atoms with Gasteiger partial charge in [-0.25, -0.2) is 8.78 Å². The van der Waals surface area contributed by atoms with Crippen molar-refractivity contribution in [3.05, 3.63) is 71.8 Å². The standard InChI is InChI=1S/C18H23F2P/c1-4-6-8-15(5-2)11-14(3)17-10-7-9-16(12-17)13-18(19,20)21/h4-10,12,14H,2,11,13,21H2,1,3H3/b6-4-,15-8+. The van der Waals surface area contributed by atoms with Crippen LogP contribution >= 0.6 is 9.24 Å². The summed E-state index contributed by atoms with van der Waals surface area (Å²) in [5.41, 5.74) is 0.134. The van der Waals surface area contributed by atoms with Crippen LogP contribution in [0.2, 0.25) is 0 Å². The van der Waals surface area contributed by atoms with Crippen LogP contribution in [0.4, 0.5) is 8.78 Å². The number of rotatable bonds is 7. The van der Waals surface area contributed by atoms with Crippen LogP contribution in [0.3, 0.4) is 0 Å².